The van der Waals surface area contributed by atoms with Crippen molar-refractivity contribution in [3.8, 4) is 0 Å². The molecule has 13 heavy (non-hydrogen) atoms. The average Bonchev–Trinajstić information content (AvgIpc) is 2.17. The Bertz CT molecular complexity index is 225. The lowest BCUT2D eigenvalue weighted by atomic mass is 10.1. The van der Waals surface area contributed by atoms with Gasteiger partial charge < -0.3 is 0 Å². The fourth-order valence-electron chi connectivity index (χ4n) is 1.35. The summed E-state index contributed by atoms with van der Waals surface area (Å²) in [7, 11) is 0. The van der Waals surface area contributed by atoms with Crippen molar-refractivity contribution in [2.45, 2.75) is 31.9 Å². The highest BCUT2D eigenvalue weighted by molar-refractivity contribution is 7.97. The third kappa shape index (κ3) is 3.86. The first kappa shape index (κ1) is 10.6. The first-order valence-corrected chi connectivity index (χ1v) is 6.33. The molecule has 1 aromatic rings. The Kier molecular flexibility index (Phi) is 4.99. The van der Waals surface area contributed by atoms with E-state index in [1.54, 1.807) is 0 Å². The molecule has 0 heterocycles. The van der Waals surface area contributed by atoms with Crippen LogP contribution in [0.25, 0.3) is 0 Å². The summed E-state index contributed by atoms with van der Waals surface area (Å²) in [5, 5.41) is 0. The zero-order valence-corrected chi connectivity index (χ0v) is 9.36. The van der Waals surface area contributed by atoms with Crippen LogP contribution in [-0.2, 0) is 12.2 Å². The molecule has 0 amide bonds. The monoisotopic (exact) mass is 194 g/mol. The van der Waals surface area contributed by atoms with Gasteiger partial charge in [-0.1, -0.05) is 37.6 Å². The Labute approximate surface area is 85.7 Å². The van der Waals surface area contributed by atoms with Crippen LogP contribution in [-0.4, -0.2) is 6.26 Å². The molecule has 0 aliphatic rings. The van der Waals surface area contributed by atoms with Gasteiger partial charge in [0.15, 0.2) is 0 Å². The maximum atomic E-state index is 2.27. The molecule has 0 bridgehead atoms. The van der Waals surface area contributed by atoms with Crippen molar-refractivity contribution in [1.29, 1.82) is 0 Å². The molecular formula is C12H18S. The maximum absolute atomic E-state index is 2.27. The van der Waals surface area contributed by atoms with Crippen LogP contribution in [0.2, 0.25) is 0 Å². The zero-order valence-electron chi connectivity index (χ0n) is 8.55. The quantitative estimate of drug-likeness (QED) is 0.685. The average molecular weight is 194 g/mol. The Balaban J connectivity index is 2.48. The number of hydrogen-bond acceptors (Lipinski definition) is 1. The maximum Gasteiger partial charge on any atom is 0.0181 e. The number of unbranched alkanes of at least 4 members (excludes halogenated alkanes) is 1. The van der Waals surface area contributed by atoms with Crippen molar-refractivity contribution in [3.63, 3.8) is 0 Å². The van der Waals surface area contributed by atoms with Crippen molar-refractivity contribution in [2.24, 2.45) is 0 Å². The Morgan fingerprint density at radius 3 is 2.23 bits per heavy atom. The Morgan fingerprint density at radius 2 is 1.69 bits per heavy atom. The topological polar surface area (TPSA) is 0 Å². The highest BCUT2D eigenvalue weighted by Gasteiger charge is 1.93. The third-order valence-corrected chi connectivity index (χ3v) is 2.77. The molecule has 0 atom stereocenters. The van der Waals surface area contributed by atoms with E-state index >= 15 is 0 Å². The van der Waals surface area contributed by atoms with Gasteiger partial charge in [-0.15, -0.1) is 0 Å². The molecule has 0 aliphatic heterocycles. The molecule has 0 unspecified atom stereocenters. The molecule has 0 aliphatic carbocycles. The molecule has 0 saturated heterocycles. The SMILES string of the molecule is CCCCc1ccc(CSC)cc1. The van der Waals surface area contributed by atoms with E-state index in [0.29, 0.717) is 0 Å². The molecule has 0 N–H and O–H groups in total. The fourth-order valence-corrected chi connectivity index (χ4v) is 1.88. The van der Waals surface area contributed by atoms with Crippen molar-refractivity contribution in [1.82, 2.24) is 0 Å². The second-order valence-corrected chi connectivity index (χ2v) is 4.22. The summed E-state index contributed by atoms with van der Waals surface area (Å²) in [5.41, 5.74) is 2.92. The lowest BCUT2D eigenvalue weighted by molar-refractivity contribution is 0.795. The summed E-state index contributed by atoms with van der Waals surface area (Å²) in [4.78, 5) is 0. The van der Waals surface area contributed by atoms with Crippen LogP contribution in [0.15, 0.2) is 24.3 Å². The standard InChI is InChI=1S/C12H18S/c1-3-4-5-11-6-8-12(9-7-11)10-13-2/h6-9H,3-5,10H2,1-2H3. The van der Waals surface area contributed by atoms with Crippen LogP contribution in [0.1, 0.15) is 30.9 Å². The highest BCUT2D eigenvalue weighted by Crippen LogP contribution is 2.11. The van der Waals surface area contributed by atoms with Crippen molar-refractivity contribution in [2.75, 3.05) is 6.26 Å². The number of thioether (sulfide) groups is 1. The molecule has 0 aromatic heterocycles. The van der Waals surface area contributed by atoms with Gasteiger partial charge in [-0.05, 0) is 30.2 Å². The van der Waals surface area contributed by atoms with E-state index in [1.807, 2.05) is 11.8 Å². The summed E-state index contributed by atoms with van der Waals surface area (Å²) in [6, 6.07) is 9.03. The van der Waals surface area contributed by atoms with Crippen LogP contribution in [0.3, 0.4) is 0 Å². The van der Waals surface area contributed by atoms with Gasteiger partial charge in [0, 0.05) is 5.75 Å². The van der Waals surface area contributed by atoms with Gasteiger partial charge in [0.2, 0.25) is 0 Å². The minimum Gasteiger partial charge on any atom is -0.161 e. The minimum atomic E-state index is 1.13. The molecule has 72 valence electrons. The van der Waals surface area contributed by atoms with Gasteiger partial charge in [-0.25, -0.2) is 0 Å². The number of benzene rings is 1. The first-order chi connectivity index (χ1) is 6.36. The van der Waals surface area contributed by atoms with Crippen molar-refractivity contribution >= 4 is 11.8 Å². The number of rotatable bonds is 5. The summed E-state index contributed by atoms with van der Waals surface area (Å²) >= 11 is 1.88. The predicted molar refractivity (Wildman–Crippen MR) is 62.3 cm³/mol. The fraction of sp³-hybridized carbons (Fsp3) is 0.500. The number of aryl methyl sites for hydroxylation is 1. The van der Waals surface area contributed by atoms with Crippen LogP contribution in [0, 0.1) is 0 Å². The van der Waals surface area contributed by atoms with Crippen LogP contribution in [0.4, 0.5) is 0 Å². The Hall–Kier alpha value is -0.430. The molecule has 0 fully saturated rings. The molecule has 0 spiro atoms. The van der Waals surface area contributed by atoms with Crippen LogP contribution < -0.4 is 0 Å². The molecule has 0 radical (unpaired) electrons. The van der Waals surface area contributed by atoms with Crippen molar-refractivity contribution < 1.29 is 0 Å². The van der Waals surface area contributed by atoms with E-state index < -0.39 is 0 Å². The van der Waals surface area contributed by atoms with Crippen LogP contribution >= 0.6 is 11.8 Å². The summed E-state index contributed by atoms with van der Waals surface area (Å²) in [5.74, 6) is 1.13. The molecule has 1 heteroatoms. The van der Waals surface area contributed by atoms with E-state index in [1.165, 1.54) is 30.4 Å². The van der Waals surface area contributed by atoms with E-state index in [4.69, 9.17) is 0 Å². The summed E-state index contributed by atoms with van der Waals surface area (Å²) in [6.45, 7) is 2.24. The molecule has 0 saturated carbocycles. The predicted octanol–water partition coefficient (Wildman–Crippen LogP) is 3.89. The van der Waals surface area contributed by atoms with E-state index in [0.717, 1.165) is 5.75 Å². The van der Waals surface area contributed by atoms with E-state index in [9.17, 15) is 0 Å². The molecule has 1 aromatic carbocycles. The smallest absolute Gasteiger partial charge is 0.0181 e. The van der Waals surface area contributed by atoms with Gasteiger partial charge in [0.1, 0.15) is 0 Å². The van der Waals surface area contributed by atoms with Gasteiger partial charge in [0.25, 0.3) is 0 Å². The minimum absolute atomic E-state index is 1.13. The summed E-state index contributed by atoms with van der Waals surface area (Å²) in [6.07, 6.45) is 5.97. The summed E-state index contributed by atoms with van der Waals surface area (Å²) < 4.78 is 0. The van der Waals surface area contributed by atoms with Gasteiger partial charge in [-0.2, -0.15) is 11.8 Å². The third-order valence-electron chi connectivity index (χ3n) is 2.15. The van der Waals surface area contributed by atoms with E-state index in [2.05, 4.69) is 37.4 Å². The van der Waals surface area contributed by atoms with E-state index in [-0.39, 0.29) is 0 Å². The molecule has 1 rings (SSSR count). The zero-order chi connectivity index (χ0) is 9.52. The highest BCUT2D eigenvalue weighted by atomic mass is 32.2. The molecule has 0 nitrogen and oxygen atoms in total. The van der Waals surface area contributed by atoms with Crippen molar-refractivity contribution in [3.05, 3.63) is 35.4 Å². The normalized spacial score (nSPS) is 10.3. The first-order valence-electron chi connectivity index (χ1n) is 4.93. The lowest BCUT2D eigenvalue weighted by Gasteiger charge is -2.01. The number of hydrogen-bond donors (Lipinski definition) is 0. The molecular weight excluding hydrogens is 176 g/mol. The second-order valence-electron chi connectivity index (χ2n) is 3.35. The van der Waals surface area contributed by atoms with Gasteiger partial charge >= 0.3 is 0 Å². The largest absolute Gasteiger partial charge is 0.161 e. The van der Waals surface area contributed by atoms with Gasteiger partial charge in [-0.3, -0.25) is 0 Å². The lowest BCUT2D eigenvalue weighted by Crippen LogP contribution is -1.85. The Morgan fingerprint density at radius 1 is 1.08 bits per heavy atom. The van der Waals surface area contributed by atoms with Crippen LogP contribution in [0.5, 0.6) is 0 Å². The van der Waals surface area contributed by atoms with Gasteiger partial charge in [0.05, 0.1) is 0 Å². The second kappa shape index (κ2) is 6.09.